The molecular weight excluding hydrogens is 781 g/mol. The summed E-state index contributed by atoms with van der Waals surface area (Å²) in [5.74, 6) is -0.904. The van der Waals surface area contributed by atoms with Crippen molar-refractivity contribution in [2.75, 3.05) is 13.2 Å². The Balaban J connectivity index is 4.33. The number of carbonyl (C=O) groups is 3. The molecule has 0 amide bonds. The van der Waals surface area contributed by atoms with E-state index in [1.807, 2.05) is 0 Å². The van der Waals surface area contributed by atoms with E-state index in [0.717, 1.165) is 109 Å². The molecule has 0 N–H and O–H groups in total. The highest BCUT2D eigenvalue weighted by Crippen LogP contribution is 2.15. The van der Waals surface area contributed by atoms with E-state index in [0.29, 0.717) is 19.3 Å². The van der Waals surface area contributed by atoms with Gasteiger partial charge in [0.2, 0.25) is 0 Å². The van der Waals surface area contributed by atoms with Crippen LogP contribution in [0.1, 0.15) is 252 Å². The first-order valence-corrected chi connectivity index (χ1v) is 26.4. The van der Waals surface area contributed by atoms with Gasteiger partial charge in [-0.05, 0) is 70.6 Å². The lowest BCUT2D eigenvalue weighted by molar-refractivity contribution is -0.167. The van der Waals surface area contributed by atoms with Crippen molar-refractivity contribution in [2.45, 2.75) is 258 Å². The average Bonchev–Trinajstić information content (AvgIpc) is 3.28. The van der Waals surface area contributed by atoms with Crippen molar-refractivity contribution in [3.8, 4) is 0 Å². The Bertz CT molecular complexity index is 1190. The second-order valence-electron chi connectivity index (χ2n) is 17.4. The number of ether oxygens (including phenoxy) is 3. The first kappa shape index (κ1) is 59.9. The fourth-order valence-electron chi connectivity index (χ4n) is 7.27. The predicted molar refractivity (Wildman–Crippen MR) is 270 cm³/mol. The lowest BCUT2D eigenvalue weighted by atomic mass is 10.0. The van der Waals surface area contributed by atoms with Gasteiger partial charge in [0, 0.05) is 19.3 Å². The molecule has 362 valence electrons. The zero-order chi connectivity index (χ0) is 45.8. The maximum atomic E-state index is 12.8. The minimum absolute atomic E-state index is 0.0807. The molecule has 0 rings (SSSR count). The van der Waals surface area contributed by atoms with E-state index in [1.54, 1.807) is 0 Å². The zero-order valence-electron chi connectivity index (χ0n) is 41.3. The first-order valence-electron chi connectivity index (χ1n) is 26.4. The third-order valence-electron chi connectivity index (χ3n) is 11.2. The van der Waals surface area contributed by atoms with E-state index >= 15 is 0 Å². The fraction of sp³-hybridized carbons (Fsp3) is 0.737. The van der Waals surface area contributed by atoms with Crippen LogP contribution in [0.3, 0.4) is 0 Å². The van der Waals surface area contributed by atoms with Gasteiger partial charge in [-0.1, -0.05) is 235 Å². The van der Waals surface area contributed by atoms with E-state index in [4.69, 9.17) is 14.2 Å². The van der Waals surface area contributed by atoms with Crippen molar-refractivity contribution in [3.63, 3.8) is 0 Å². The summed E-state index contributed by atoms with van der Waals surface area (Å²) in [6.45, 7) is 6.49. The molecule has 6 nitrogen and oxygen atoms in total. The van der Waals surface area contributed by atoms with Crippen LogP contribution < -0.4 is 0 Å². The molecule has 0 bridgehead atoms. The van der Waals surface area contributed by atoms with Crippen molar-refractivity contribution in [3.05, 3.63) is 72.9 Å². The van der Waals surface area contributed by atoms with Crippen LogP contribution in [-0.4, -0.2) is 37.2 Å². The standard InChI is InChI=1S/C57H98O6/c1-4-7-10-13-16-19-22-24-25-26-27-28-29-30-31-32-33-34-36-38-41-44-47-50-56(59)62-53-54(52-61-55(58)49-46-43-40-37-21-18-15-12-9-6-3)63-57(60)51-48-45-42-39-35-23-20-17-14-11-8-5-2/h7,10,16,19,24-25,27-28,30-31,33-34,54H,4-6,8-9,11-15,17-18,20-23,26,29,32,35-53H2,1-3H3/b10-7-,19-16-,25-24-,28-27-,31-30-,34-33-. The van der Waals surface area contributed by atoms with Gasteiger partial charge in [0.1, 0.15) is 13.2 Å². The lowest BCUT2D eigenvalue weighted by Gasteiger charge is -2.18. The van der Waals surface area contributed by atoms with Crippen LogP contribution in [0, 0.1) is 0 Å². The molecule has 0 fully saturated rings. The number of unbranched alkanes of at least 4 members (excludes halogenated alkanes) is 24. The quantitative estimate of drug-likeness (QED) is 0.0262. The van der Waals surface area contributed by atoms with Crippen LogP contribution in [0.2, 0.25) is 0 Å². The highest BCUT2D eigenvalue weighted by Gasteiger charge is 2.19. The summed E-state index contributed by atoms with van der Waals surface area (Å²) in [6, 6.07) is 0. The number of rotatable bonds is 47. The van der Waals surface area contributed by atoms with Crippen molar-refractivity contribution in [1.29, 1.82) is 0 Å². The summed E-state index contributed by atoms with van der Waals surface area (Å²) in [4.78, 5) is 37.9. The highest BCUT2D eigenvalue weighted by molar-refractivity contribution is 5.71. The van der Waals surface area contributed by atoms with Crippen LogP contribution >= 0.6 is 0 Å². The minimum Gasteiger partial charge on any atom is -0.462 e. The Kier molecular flexibility index (Phi) is 48.9. The predicted octanol–water partition coefficient (Wildman–Crippen LogP) is 17.4. The molecule has 0 aromatic rings. The Labute approximate surface area is 389 Å². The van der Waals surface area contributed by atoms with Crippen LogP contribution in [0.25, 0.3) is 0 Å². The van der Waals surface area contributed by atoms with Crippen molar-refractivity contribution < 1.29 is 28.6 Å². The molecule has 0 radical (unpaired) electrons. The summed E-state index contributed by atoms with van der Waals surface area (Å²) >= 11 is 0. The average molecular weight is 879 g/mol. The number of allylic oxidation sites excluding steroid dienone is 12. The molecule has 0 aliphatic carbocycles. The third kappa shape index (κ3) is 49.7. The Morgan fingerprint density at radius 3 is 0.968 bits per heavy atom. The van der Waals surface area contributed by atoms with E-state index in [2.05, 4.69) is 93.7 Å². The Morgan fingerprint density at radius 1 is 0.333 bits per heavy atom. The van der Waals surface area contributed by atoms with Gasteiger partial charge in [0.05, 0.1) is 0 Å². The summed E-state index contributed by atoms with van der Waals surface area (Å²) < 4.78 is 16.8. The van der Waals surface area contributed by atoms with E-state index < -0.39 is 6.10 Å². The molecule has 0 spiro atoms. The van der Waals surface area contributed by atoms with Crippen molar-refractivity contribution >= 4 is 17.9 Å². The first-order chi connectivity index (χ1) is 31.0. The van der Waals surface area contributed by atoms with Gasteiger partial charge in [-0.15, -0.1) is 0 Å². The monoisotopic (exact) mass is 879 g/mol. The molecule has 0 saturated heterocycles. The number of hydrogen-bond donors (Lipinski definition) is 0. The van der Waals surface area contributed by atoms with Crippen LogP contribution in [0.15, 0.2) is 72.9 Å². The third-order valence-corrected chi connectivity index (χ3v) is 11.2. The van der Waals surface area contributed by atoms with Gasteiger partial charge in [-0.2, -0.15) is 0 Å². The molecular formula is C57H98O6. The smallest absolute Gasteiger partial charge is 0.306 e. The largest absolute Gasteiger partial charge is 0.462 e. The normalized spacial score (nSPS) is 12.6. The van der Waals surface area contributed by atoms with Gasteiger partial charge in [0.15, 0.2) is 6.10 Å². The van der Waals surface area contributed by atoms with E-state index in [-0.39, 0.29) is 31.1 Å². The lowest BCUT2D eigenvalue weighted by Crippen LogP contribution is -2.30. The summed E-state index contributed by atoms with van der Waals surface area (Å²) in [5.41, 5.74) is 0. The van der Waals surface area contributed by atoms with Crippen molar-refractivity contribution in [2.24, 2.45) is 0 Å². The molecule has 0 aliphatic heterocycles. The molecule has 0 heterocycles. The molecule has 6 heteroatoms. The van der Waals surface area contributed by atoms with Gasteiger partial charge in [-0.25, -0.2) is 0 Å². The maximum absolute atomic E-state index is 12.8. The minimum atomic E-state index is -0.781. The number of hydrogen-bond acceptors (Lipinski definition) is 6. The van der Waals surface area contributed by atoms with Gasteiger partial charge in [-0.3, -0.25) is 14.4 Å². The van der Waals surface area contributed by atoms with Gasteiger partial charge >= 0.3 is 17.9 Å². The van der Waals surface area contributed by atoms with E-state index in [1.165, 1.54) is 103 Å². The molecule has 0 aromatic heterocycles. The fourth-order valence-corrected chi connectivity index (χ4v) is 7.27. The summed E-state index contributed by atoms with van der Waals surface area (Å²) in [7, 11) is 0. The molecule has 0 aliphatic rings. The molecule has 1 unspecified atom stereocenters. The topological polar surface area (TPSA) is 78.9 Å². The Morgan fingerprint density at radius 2 is 0.619 bits per heavy atom. The second kappa shape index (κ2) is 51.5. The maximum Gasteiger partial charge on any atom is 0.306 e. The highest BCUT2D eigenvalue weighted by atomic mass is 16.6. The van der Waals surface area contributed by atoms with Crippen molar-refractivity contribution in [1.82, 2.24) is 0 Å². The van der Waals surface area contributed by atoms with Crippen LogP contribution in [0.4, 0.5) is 0 Å². The summed E-state index contributed by atoms with van der Waals surface area (Å²) in [5, 5.41) is 0. The second-order valence-corrected chi connectivity index (χ2v) is 17.4. The van der Waals surface area contributed by atoms with Crippen LogP contribution in [-0.2, 0) is 28.6 Å². The zero-order valence-corrected chi connectivity index (χ0v) is 41.3. The van der Waals surface area contributed by atoms with Gasteiger partial charge in [0.25, 0.3) is 0 Å². The number of esters is 3. The molecule has 1 atom stereocenters. The molecule has 63 heavy (non-hydrogen) atoms. The van der Waals surface area contributed by atoms with Gasteiger partial charge < -0.3 is 14.2 Å². The molecule has 0 aromatic carbocycles. The SMILES string of the molecule is CC/C=C\C/C=C\C/C=C\C/C=C\C/C=C\C/C=C\CCCCCCC(=O)OCC(COC(=O)CCCCCCCCCCCC)OC(=O)CCCCCCCCCCCCCC. The van der Waals surface area contributed by atoms with E-state index in [9.17, 15) is 14.4 Å². The summed E-state index contributed by atoms with van der Waals surface area (Å²) in [6.07, 6.45) is 64.6. The number of carbonyl (C=O) groups excluding carboxylic acids is 3. The molecule has 0 saturated carbocycles. The van der Waals surface area contributed by atoms with Crippen LogP contribution in [0.5, 0.6) is 0 Å². The Hall–Kier alpha value is -3.15.